The van der Waals surface area contributed by atoms with Crippen LogP contribution in [0.3, 0.4) is 0 Å². The van der Waals surface area contributed by atoms with E-state index < -0.39 is 0 Å². The van der Waals surface area contributed by atoms with E-state index in [1.54, 1.807) is 11.3 Å². The van der Waals surface area contributed by atoms with Crippen LogP contribution in [0, 0.1) is 11.3 Å². The number of halogens is 1. The molecular weight excluding hydrogens is 382 g/mol. The fourth-order valence-corrected chi connectivity index (χ4v) is 4.02. The zero-order chi connectivity index (χ0) is 17.1. The minimum absolute atomic E-state index is 0.271. The number of pyridine rings is 1. The quantitative estimate of drug-likeness (QED) is 0.618. The molecule has 0 spiro atoms. The van der Waals surface area contributed by atoms with Gasteiger partial charge in [-0.05, 0) is 46.1 Å². The number of thiophene rings is 1. The molecule has 24 heavy (non-hydrogen) atoms. The Hall–Kier alpha value is -2.16. The van der Waals surface area contributed by atoms with Crippen molar-refractivity contribution >= 4 is 33.1 Å². The maximum absolute atomic E-state index is 9.45. The number of nitriles is 1. The minimum atomic E-state index is 0.271. The number of nitrogen functional groups attached to an aromatic ring is 1. The molecular formula is C19H16BrN3S. The van der Waals surface area contributed by atoms with E-state index >= 15 is 0 Å². The molecule has 3 aromatic rings. The molecule has 0 saturated heterocycles. The molecule has 0 radical (unpaired) electrons. The fourth-order valence-electron chi connectivity index (χ4n) is 2.61. The van der Waals surface area contributed by atoms with Crippen molar-refractivity contribution in [2.45, 2.75) is 19.8 Å². The lowest BCUT2D eigenvalue weighted by Crippen LogP contribution is -1.99. The molecule has 120 valence electrons. The summed E-state index contributed by atoms with van der Waals surface area (Å²) >= 11 is 5.04. The van der Waals surface area contributed by atoms with Crippen molar-refractivity contribution in [3.63, 3.8) is 0 Å². The lowest BCUT2D eigenvalue weighted by molar-refractivity contribution is 0.922. The Morgan fingerprint density at radius 1 is 1.21 bits per heavy atom. The van der Waals surface area contributed by atoms with Crippen LogP contribution in [0.15, 0.2) is 46.3 Å². The molecule has 0 saturated carbocycles. The SMILES string of the molecule is CCCc1ccc(-c2cc(-c3ccc(Br)s3)c(C#N)c(N)n2)cc1. The number of nitrogens with zero attached hydrogens (tertiary/aromatic N) is 2. The number of benzene rings is 1. The Bertz CT molecular complexity index is 907. The highest BCUT2D eigenvalue weighted by Gasteiger charge is 2.14. The maximum atomic E-state index is 9.45. The normalized spacial score (nSPS) is 10.5. The average molecular weight is 398 g/mol. The van der Waals surface area contributed by atoms with Gasteiger partial charge in [-0.15, -0.1) is 11.3 Å². The summed E-state index contributed by atoms with van der Waals surface area (Å²) in [5, 5.41) is 9.45. The Kier molecular flexibility index (Phi) is 4.98. The lowest BCUT2D eigenvalue weighted by Gasteiger charge is -2.09. The van der Waals surface area contributed by atoms with Crippen LogP contribution < -0.4 is 5.73 Å². The second kappa shape index (κ2) is 7.16. The molecule has 0 fully saturated rings. The monoisotopic (exact) mass is 397 g/mol. The molecule has 0 atom stereocenters. The highest BCUT2D eigenvalue weighted by Crippen LogP contribution is 2.36. The van der Waals surface area contributed by atoms with Gasteiger partial charge in [-0.1, -0.05) is 37.6 Å². The van der Waals surface area contributed by atoms with Gasteiger partial charge in [0.2, 0.25) is 0 Å². The first-order valence-electron chi connectivity index (χ1n) is 7.68. The molecule has 0 aliphatic carbocycles. The zero-order valence-electron chi connectivity index (χ0n) is 13.2. The minimum Gasteiger partial charge on any atom is -0.383 e. The van der Waals surface area contributed by atoms with Crippen LogP contribution in [0.4, 0.5) is 5.82 Å². The molecule has 3 nitrogen and oxygen atoms in total. The summed E-state index contributed by atoms with van der Waals surface area (Å²) in [6, 6.07) is 16.4. The Balaban J connectivity index is 2.09. The number of nitrogens with two attached hydrogens (primary N) is 1. The van der Waals surface area contributed by atoms with E-state index in [1.165, 1.54) is 5.56 Å². The van der Waals surface area contributed by atoms with Crippen molar-refractivity contribution in [1.29, 1.82) is 5.26 Å². The van der Waals surface area contributed by atoms with Crippen molar-refractivity contribution < 1.29 is 0 Å². The second-order valence-electron chi connectivity index (χ2n) is 5.48. The van der Waals surface area contributed by atoms with E-state index in [0.29, 0.717) is 5.56 Å². The number of anilines is 1. The first kappa shape index (κ1) is 16.7. The average Bonchev–Trinajstić information content (AvgIpc) is 3.01. The largest absolute Gasteiger partial charge is 0.383 e. The number of hydrogen-bond donors (Lipinski definition) is 1. The molecule has 5 heteroatoms. The van der Waals surface area contributed by atoms with E-state index in [4.69, 9.17) is 5.73 Å². The highest BCUT2D eigenvalue weighted by atomic mass is 79.9. The van der Waals surface area contributed by atoms with Crippen molar-refractivity contribution in [2.75, 3.05) is 5.73 Å². The summed E-state index contributed by atoms with van der Waals surface area (Å²) in [6.45, 7) is 2.17. The van der Waals surface area contributed by atoms with E-state index in [0.717, 1.165) is 38.3 Å². The van der Waals surface area contributed by atoms with Crippen LogP contribution in [-0.4, -0.2) is 4.98 Å². The van der Waals surface area contributed by atoms with E-state index in [1.807, 2.05) is 18.2 Å². The van der Waals surface area contributed by atoms with Gasteiger partial charge in [0.1, 0.15) is 17.5 Å². The topological polar surface area (TPSA) is 62.7 Å². The summed E-state index contributed by atoms with van der Waals surface area (Å²) in [5.41, 5.74) is 10.4. The first-order chi connectivity index (χ1) is 11.6. The fraction of sp³-hybridized carbons (Fsp3) is 0.158. The van der Waals surface area contributed by atoms with Crippen LogP contribution in [-0.2, 0) is 6.42 Å². The molecule has 0 bridgehead atoms. The van der Waals surface area contributed by atoms with Gasteiger partial charge in [-0.3, -0.25) is 0 Å². The van der Waals surface area contributed by atoms with Crippen LogP contribution >= 0.6 is 27.3 Å². The van der Waals surface area contributed by atoms with Gasteiger partial charge >= 0.3 is 0 Å². The summed E-state index contributed by atoms with van der Waals surface area (Å²) < 4.78 is 1.02. The first-order valence-corrected chi connectivity index (χ1v) is 9.29. The number of aryl methyl sites for hydroxylation is 1. The van der Waals surface area contributed by atoms with Crippen LogP contribution in [0.5, 0.6) is 0 Å². The number of rotatable bonds is 4. The van der Waals surface area contributed by atoms with Crippen molar-refractivity contribution in [1.82, 2.24) is 4.98 Å². The summed E-state index contributed by atoms with van der Waals surface area (Å²) in [5.74, 6) is 0.271. The van der Waals surface area contributed by atoms with Crippen molar-refractivity contribution in [3.05, 3.63) is 57.4 Å². The Morgan fingerprint density at radius 3 is 2.54 bits per heavy atom. The molecule has 2 N–H and O–H groups in total. The predicted molar refractivity (Wildman–Crippen MR) is 104 cm³/mol. The molecule has 0 aliphatic heterocycles. The maximum Gasteiger partial charge on any atom is 0.142 e. The van der Waals surface area contributed by atoms with Crippen LogP contribution in [0.25, 0.3) is 21.7 Å². The highest BCUT2D eigenvalue weighted by molar-refractivity contribution is 9.11. The van der Waals surface area contributed by atoms with E-state index in [2.05, 4.69) is 58.2 Å². The van der Waals surface area contributed by atoms with Gasteiger partial charge in [-0.2, -0.15) is 5.26 Å². The van der Waals surface area contributed by atoms with Gasteiger partial charge in [0.05, 0.1) is 9.48 Å². The lowest BCUT2D eigenvalue weighted by atomic mass is 10.0. The molecule has 0 aliphatic rings. The molecule has 2 heterocycles. The third kappa shape index (κ3) is 3.35. The molecule has 1 aromatic carbocycles. The summed E-state index contributed by atoms with van der Waals surface area (Å²) in [6.07, 6.45) is 2.19. The van der Waals surface area contributed by atoms with Crippen LogP contribution in [0.2, 0.25) is 0 Å². The van der Waals surface area contributed by atoms with Gasteiger partial charge in [0.25, 0.3) is 0 Å². The standard InChI is InChI=1S/C19H16BrN3S/c1-2-3-12-4-6-13(7-5-12)16-10-14(15(11-21)19(22)23-16)17-8-9-18(20)24-17/h4-10H,2-3H2,1H3,(H2,22,23). The molecule has 0 amide bonds. The Morgan fingerprint density at radius 2 is 1.96 bits per heavy atom. The summed E-state index contributed by atoms with van der Waals surface area (Å²) in [4.78, 5) is 5.43. The zero-order valence-corrected chi connectivity index (χ0v) is 15.6. The third-order valence-electron chi connectivity index (χ3n) is 3.79. The van der Waals surface area contributed by atoms with Gasteiger partial charge in [-0.25, -0.2) is 4.98 Å². The van der Waals surface area contributed by atoms with Crippen molar-refractivity contribution in [3.8, 4) is 27.8 Å². The Labute approximate surface area is 153 Å². The smallest absolute Gasteiger partial charge is 0.142 e. The molecule has 0 unspecified atom stereocenters. The summed E-state index contributed by atoms with van der Waals surface area (Å²) in [7, 11) is 0. The number of hydrogen-bond acceptors (Lipinski definition) is 4. The predicted octanol–water partition coefficient (Wildman–Crippen LogP) is 5.65. The van der Waals surface area contributed by atoms with Crippen LogP contribution in [0.1, 0.15) is 24.5 Å². The van der Waals surface area contributed by atoms with Gasteiger partial charge in [0.15, 0.2) is 0 Å². The van der Waals surface area contributed by atoms with Crippen molar-refractivity contribution in [2.24, 2.45) is 0 Å². The van der Waals surface area contributed by atoms with E-state index in [-0.39, 0.29) is 5.82 Å². The van der Waals surface area contributed by atoms with E-state index in [9.17, 15) is 5.26 Å². The van der Waals surface area contributed by atoms with Gasteiger partial charge < -0.3 is 5.73 Å². The molecule has 2 aromatic heterocycles. The van der Waals surface area contributed by atoms with Gasteiger partial charge in [0, 0.05) is 16.0 Å². The second-order valence-corrected chi connectivity index (χ2v) is 7.94. The third-order valence-corrected chi connectivity index (χ3v) is 5.44. The molecule has 3 rings (SSSR count). The number of aromatic nitrogens is 1.